The number of rotatable bonds is 4. The minimum Gasteiger partial charge on any atom is -0.373 e. The number of aromatic nitrogens is 2. The van der Waals surface area contributed by atoms with Crippen LogP contribution in [0, 0.1) is 0 Å². The molecule has 112 valence electrons. The Morgan fingerprint density at radius 3 is 2.43 bits per heavy atom. The molecule has 1 aromatic heterocycles. The smallest absolute Gasteiger partial charge is 0.373 e. The Balaban J connectivity index is 2.34. The van der Waals surface area contributed by atoms with Crippen molar-refractivity contribution in [1.29, 1.82) is 0 Å². The van der Waals surface area contributed by atoms with E-state index in [0.717, 1.165) is 12.0 Å². The minimum atomic E-state index is -4.59. The second-order valence-corrected chi connectivity index (χ2v) is 4.39. The summed E-state index contributed by atoms with van der Waals surface area (Å²) in [5.41, 5.74) is 1.77. The van der Waals surface area contributed by atoms with Crippen LogP contribution in [0.15, 0.2) is 30.3 Å². The first-order valence-electron chi connectivity index (χ1n) is 6.42. The lowest BCUT2D eigenvalue weighted by molar-refractivity contribution is -0.144. The Kier molecular flexibility index (Phi) is 4.30. The highest BCUT2D eigenvalue weighted by Crippen LogP contribution is 2.29. The number of halogens is 3. The average Bonchev–Trinajstić information content (AvgIpc) is 2.46. The molecular weight excluding hydrogens is 281 g/mol. The topological polar surface area (TPSA) is 49.8 Å². The van der Waals surface area contributed by atoms with E-state index in [4.69, 9.17) is 0 Å². The molecule has 0 spiro atoms. The van der Waals surface area contributed by atoms with Crippen LogP contribution >= 0.6 is 0 Å². The van der Waals surface area contributed by atoms with Crippen molar-refractivity contribution in [1.82, 2.24) is 9.97 Å². The molecule has 0 fully saturated rings. The molecule has 0 aliphatic carbocycles. The monoisotopic (exact) mass is 296 g/mol. The quantitative estimate of drug-likeness (QED) is 0.900. The Morgan fingerprint density at radius 1 is 1.10 bits per heavy atom. The Morgan fingerprint density at radius 2 is 1.81 bits per heavy atom. The molecule has 2 rings (SSSR count). The largest absolute Gasteiger partial charge is 0.451 e. The predicted molar refractivity (Wildman–Crippen MR) is 75.7 cm³/mol. The number of benzene rings is 1. The molecular formula is C14H15F3N4. The highest BCUT2D eigenvalue weighted by atomic mass is 19.4. The van der Waals surface area contributed by atoms with Crippen molar-refractivity contribution in [2.24, 2.45) is 0 Å². The van der Waals surface area contributed by atoms with E-state index in [-0.39, 0.29) is 11.6 Å². The molecule has 0 saturated carbocycles. The van der Waals surface area contributed by atoms with Crippen LogP contribution in [-0.4, -0.2) is 17.0 Å². The number of aryl methyl sites for hydroxylation is 1. The summed E-state index contributed by atoms with van der Waals surface area (Å²) in [6.45, 7) is 2.00. The van der Waals surface area contributed by atoms with Gasteiger partial charge in [0.25, 0.3) is 0 Å². The lowest BCUT2D eigenvalue weighted by atomic mass is 10.1. The van der Waals surface area contributed by atoms with Crippen molar-refractivity contribution in [2.75, 3.05) is 17.7 Å². The van der Waals surface area contributed by atoms with E-state index < -0.39 is 12.0 Å². The van der Waals surface area contributed by atoms with Gasteiger partial charge in [0, 0.05) is 18.8 Å². The summed E-state index contributed by atoms with van der Waals surface area (Å²) in [4.78, 5) is 6.93. The fraction of sp³-hybridized carbons (Fsp3) is 0.286. The van der Waals surface area contributed by atoms with Crippen LogP contribution in [0.4, 0.5) is 30.5 Å². The highest BCUT2D eigenvalue weighted by molar-refractivity contribution is 5.60. The van der Waals surface area contributed by atoms with Crippen molar-refractivity contribution in [3.63, 3.8) is 0 Å². The summed E-state index contributed by atoms with van der Waals surface area (Å²) in [5.74, 6) is -0.982. The van der Waals surface area contributed by atoms with Crippen LogP contribution in [0.2, 0.25) is 0 Å². The van der Waals surface area contributed by atoms with Crippen LogP contribution in [0.5, 0.6) is 0 Å². The molecule has 1 heterocycles. The second-order valence-electron chi connectivity index (χ2n) is 4.39. The zero-order valence-corrected chi connectivity index (χ0v) is 11.6. The summed E-state index contributed by atoms with van der Waals surface area (Å²) in [6, 6.07) is 8.85. The summed E-state index contributed by atoms with van der Waals surface area (Å²) >= 11 is 0. The Labute approximate surface area is 120 Å². The molecule has 7 heteroatoms. The van der Waals surface area contributed by atoms with Gasteiger partial charge in [0.05, 0.1) is 0 Å². The van der Waals surface area contributed by atoms with E-state index in [1.807, 2.05) is 25.1 Å². The van der Waals surface area contributed by atoms with Crippen LogP contribution in [0.1, 0.15) is 18.3 Å². The van der Waals surface area contributed by atoms with Crippen molar-refractivity contribution in [3.05, 3.63) is 41.7 Å². The van der Waals surface area contributed by atoms with Crippen molar-refractivity contribution >= 4 is 17.3 Å². The van der Waals surface area contributed by atoms with Crippen LogP contribution in [0.3, 0.4) is 0 Å². The summed E-state index contributed by atoms with van der Waals surface area (Å²) in [7, 11) is 1.50. The number of hydrogen-bond acceptors (Lipinski definition) is 4. The standard InChI is InChI=1S/C14H15F3N4/c1-3-9-5-4-6-10(7-9)19-12-8-11(18-2)20-13(21-12)14(15,16)17/h4-8H,3H2,1-2H3,(H2,18,19,20,21). The predicted octanol–water partition coefficient (Wildman–Crippen LogP) is 3.84. The van der Waals surface area contributed by atoms with Gasteiger partial charge >= 0.3 is 6.18 Å². The SMILES string of the molecule is CCc1cccc(Nc2cc(NC)nc(C(F)(F)F)n2)c1. The number of anilines is 3. The fourth-order valence-electron chi connectivity index (χ4n) is 1.78. The van der Waals surface area contributed by atoms with Gasteiger partial charge in [0.2, 0.25) is 5.82 Å². The van der Waals surface area contributed by atoms with Crippen LogP contribution in [-0.2, 0) is 12.6 Å². The zero-order valence-electron chi connectivity index (χ0n) is 11.6. The molecule has 1 aromatic carbocycles. The summed E-state index contributed by atoms with van der Waals surface area (Å²) in [5, 5.41) is 5.47. The van der Waals surface area contributed by atoms with Crippen LogP contribution in [0.25, 0.3) is 0 Å². The third kappa shape index (κ3) is 3.84. The first-order valence-corrected chi connectivity index (χ1v) is 6.42. The number of alkyl halides is 3. The molecule has 0 unspecified atom stereocenters. The molecule has 2 N–H and O–H groups in total. The maximum absolute atomic E-state index is 12.8. The third-order valence-electron chi connectivity index (χ3n) is 2.84. The summed E-state index contributed by atoms with van der Waals surface area (Å²) in [6.07, 6.45) is -3.75. The Hall–Kier alpha value is -2.31. The van der Waals surface area contributed by atoms with Gasteiger partial charge in [-0.15, -0.1) is 0 Å². The summed E-state index contributed by atoms with van der Waals surface area (Å²) < 4.78 is 38.3. The van der Waals surface area contributed by atoms with Crippen LogP contribution < -0.4 is 10.6 Å². The zero-order chi connectivity index (χ0) is 15.5. The highest BCUT2D eigenvalue weighted by Gasteiger charge is 2.35. The maximum atomic E-state index is 12.8. The van der Waals surface area contributed by atoms with Gasteiger partial charge in [-0.3, -0.25) is 0 Å². The third-order valence-corrected chi connectivity index (χ3v) is 2.84. The van der Waals surface area contributed by atoms with Crippen molar-refractivity contribution < 1.29 is 13.2 Å². The molecule has 0 saturated heterocycles. The molecule has 21 heavy (non-hydrogen) atoms. The Bertz CT molecular complexity index is 626. The lowest BCUT2D eigenvalue weighted by Gasteiger charge is -2.12. The minimum absolute atomic E-state index is 0.0925. The maximum Gasteiger partial charge on any atom is 0.451 e. The van der Waals surface area contributed by atoms with Gasteiger partial charge in [0.15, 0.2) is 0 Å². The molecule has 0 radical (unpaired) electrons. The van der Waals surface area contributed by atoms with E-state index in [1.54, 1.807) is 6.07 Å². The first-order chi connectivity index (χ1) is 9.92. The average molecular weight is 296 g/mol. The molecule has 0 aliphatic rings. The van der Waals surface area contributed by atoms with Gasteiger partial charge in [-0.05, 0) is 24.1 Å². The number of nitrogens with zero attached hydrogens (tertiary/aromatic N) is 2. The molecule has 0 amide bonds. The van der Waals surface area contributed by atoms with Gasteiger partial charge in [-0.25, -0.2) is 9.97 Å². The number of hydrogen-bond donors (Lipinski definition) is 2. The van der Waals surface area contributed by atoms with E-state index in [0.29, 0.717) is 5.69 Å². The van der Waals surface area contributed by atoms with E-state index in [1.165, 1.54) is 13.1 Å². The normalized spacial score (nSPS) is 11.3. The molecule has 2 aromatic rings. The fourth-order valence-corrected chi connectivity index (χ4v) is 1.78. The first kappa shape index (κ1) is 15.1. The van der Waals surface area contributed by atoms with Gasteiger partial charge in [0.1, 0.15) is 11.6 Å². The van der Waals surface area contributed by atoms with Gasteiger partial charge < -0.3 is 10.6 Å². The van der Waals surface area contributed by atoms with Crippen molar-refractivity contribution in [2.45, 2.75) is 19.5 Å². The molecule has 4 nitrogen and oxygen atoms in total. The molecule has 0 bridgehead atoms. The molecule has 0 aliphatic heterocycles. The number of nitrogens with one attached hydrogen (secondary N) is 2. The van der Waals surface area contributed by atoms with Crippen molar-refractivity contribution in [3.8, 4) is 0 Å². The van der Waals surface area contributed by atoms with Gasteiger partial charge in [-0.1, -0.05) is 19.1 Å². The van der Waals surface area contributed by atoms with Gasteiger partial charge in [-0.2, -0.15) is 13.2 Å². The lowest BCUT2D eigenvalue weighted by Crippen LogP contribution is -2.13. The molecule has 0 atom stereocenters. The van der Waals surface area contributed by atoms with E-state index in [2.05, 4.69) is 20.6 Å². The van der Waals surface area contributed by atoms with E-state index in [9.17, 15) is 13.2 Å². The second kappa shape index (κ2) is 5.99. The van der Waals surface area contributed by atoms with E-state index >= 15 is 0 Å².